The number of benzene rings is 1. The Balaban J connectivity index is 0.00000176. The van der Waals surface area contributed by atoms with E-state index in [4.69, 9.17) is 0 Å². The minimum Gasteiger partial charge on any atom is -0.311 e. The lowest BCUT2D eigenvalue weighted by Gasteiger charge is -2.35. The van der Waals surface area contributed by atoms with Gasteiger partial charge in [0.05, 0.1) is 4.90 Å². The van der Waals surface area contributed by atoms with Crippen LogP contribution in [-0.4, -0.2) is 37.9 Å². The van der Waals surface area contributed by atoms with E-state index in [1.165, 1.54) is 12.8 Å². The normalized spacial score (nSPS) is 27.7. The van der Waals surface area contributed by atoms with Crippen molar-refractivity contribution in [3.8, 4) is 0 Å². The topological polar surface area (TPSA) is 49.4 Å². The predicted octanol–water partition coefficient (Wildman–Crippen LogP) is 2.63. The second kappa shape index (κ2) is 6.48. The van der Waals surface area contributed by atoms with Gasteiger partial charge < -0.3 is 5.32 Å². The quantitative estimate of drug-likeness (QED) is 0.917. The molecule has 2 aliphatic heterocycles. The molecule has 2 unspecified atom stereocenters. The van der Waals surface area contributed by atoms with Crippen molar-refractivity contribution >= 4 is 22.4 Å². The summed E-state index contributed by atoms with van der Waals surface area (Å²) in [6.45, 7) is 3.86. The van der Waals surface area contributed by atoms with Crippen LogP contribution in [0.25, 0.3) is 0 Å². The van der Waals surface area contributed by atoms with Crippen LogP contribution in [-0.2, 0) is 10.0 Å². The molecule has 1 aromatic carbocycles. The standard InChI is InChI=1S/C16H24N2O2S.ClH/c1-11-4-7-16(12(2)8-11)21(19,20)18(3)15-9-13-5-6-14(10-15)17-13;/h4,7-8,13-15,17H,5-6,9-10H2,1-3H3;1H. The summed E-state index contributed by atoms with van der Waals surface area (Å²) in [4.78, 5) is 0.446. The molecule has 2 aliphatic rings. The molecule has 1 N–H and O–H groups in total. The Morgan fingerprint density at radius 3 is 2.27 bits per heavy atom. The molecule has 2 bridgehead atoms. The lowest BCUT2D eigenvalue weighted by Crippen LogP contribution is -2.48. The van der Waals surface area contributed by atoms with E-state index >= 15 is 0 Å². The van der Waals surface area contributed by atoms with Gasteiger partial charge in [-0.05, 0) is 51.2 Å². The Bertz CT molecular complexity index is 636. The molecule has 0 spiro atoms. The molecule has 3 rings (SSSR count). The van der Waals surface area contributed by atoms with Gasteiger partial charge in [0, 0.05) is 25.2 Å². The van der Waals surface area contributed by atoms with E-state index in [0.29, 0.717) is 17.0 Å². The molecule has 4 nitrogen and oxygen atoms in total. The van der Waals surface area contributed by atoms with Gasteiger partial charge in [0.25, 0.3) is 0 Å². The molecule has 2 heterocycles. The first-order valence-corrected chi connectivity index (χ1v) is 9.13. The van der Waals surface area contributed by atoms with Crippen LogP contribution < -0.4 is 5.32 Å². The third kappa shape index (κ3) is 3.18. The summed E-state index contributed by atoms with van der Waals surface area (Å²) in [5.74, 6) is 0. The molecular formula is C16H25ClN2O2S. The van der Waals surface area contributed by atoms with Gasteiger partial charge in [-0.1, -0.05) is 17.7 Å². The van der Waals surface area contributed by atoms with Crippen LogP contribution >= 0.6 is 12.4 Å². The van der Waals surface area contributed by atoms with Gasteiger partial charge in [0.15, 0.2) is 0 Å². The molecule has 2 saturated heterocycles. The highest BCUT2D eigenvalue weighted by atomic mass is 35.5. The van der Waals surface area contributed by atoms with Crippen LogP contribution in [0.3, 0.4) is 0 Å². The third-order valence-electron chi connectivity index (χ3n) is 4.95. The van der Waals surface area contributed by atoms with Crippen molar-refractivity contribution in [1.82, 2.24) is 9.62 Å². The van der Waals surface area contributed by atoms with Crippen molar-refractivity contribution in [3.05, 3.63) is 29.3 Å². The Labute approximate surface area is 139 Å². The van der Waals surface area contributed by atoms with Gasteiger partial charge in [0.2, 0.25) is 10.0 Å². The minimum atomic E-state index is -3.40. The SMILES string of the molecule is Cc1ccc(S(=O)(=O)N(C)C2CC3CCC(C2)N3)c(C)c1.Cl. The second-order valence-electron chi connectivity index (χ2n) is 6.55. The number of aryl methyl sites for hydroxylation is 2. The van der Waals surface area contributed by atoms with Crippen molar-refractivity contribution in [2.45, 2.75) is 62.6 Å². The van der Waals surface area contributed by atoms with Crippen LogP contribution in [0.2, 0.25) is 0 Å². The molecule has 0 aliphatic carbocycles. The Morgan fingerprint density at radius 2 is 1.73 bits per heavy atom. The molecular weight excluding hydrogens is 320 g/mol. The lowest BCUT2D eigenvalue weighted by molar-refractivity contribution is 0.251. The first kappa shape index (κ1) is 17.7. The summed E-state index contributed by atoms with van der Waals surface area (Å²) in [6, 6.07) is 6.66. The number of fused-ring (bicyclic) bond motifs is 2. The van der Waals surface area contributed by atoms with E-state index in [2.05, 4.69) is 5.32 Å². The number of piperidine rings is 1. The molecule has 0 aromatic heterocycles. The largest absolute Gasteiger partial charge is 0.311 e. The van der Waals surface area contributed by atoms with E-state index in [0.717, 1.165) is 24.0 Å². The van der Waals surface area contributed by atoms with Crippen LogP contribution in [0, 0.1) is 13.8 Å². The van der Waals surface area contributed by atoms with Gasteiger partial charge >= 0.3 is 0 Å². The molecule has 22 heavy (non-hydrogen) atoms. The van der Waals surface area contributed by atoms with Gasteiger partial charge in [0.1, 0.15) is 0 Å². The summed E-state index contributed by atoms with van der Waals surface area (Å²) in [5.41, 5.74) is 1.92. The number of nitrogens with zero attached hydrogens (tertiary/aromatic N) is 1. The molecule has 0 saturated carbocycles. The van der Waals surface area contributed by atoms with Crippen molar-refractivity contribution < 1.29 is 8.42 Å². The van der Waals surface area contributed by atoms with Crippen LogP contribution in [0.5, 0.6) is 0 Å². The Hall–Kier alpha value is -0.620. The zero-order chi connectivity index (χ0) is 15.2. The Morgan fingerprint density at radius 1 is 1.14 bits per heavy atom. The zero-order valence-electron chi connectivity index (χ0n) is 13.4. The van der Waals surface area contributed by atoms with Crippen molar-refractivity contribution in [2.75, 3.05) is 7.05 Å². The number of hydrogen-bond acceptors (Lipinski definition) is 3. The number of sulfonamides is 1. The molecule has 1 aromatic rings. The molecule has 6 heteroatoms. The molecule has 0 radical (unpaired) electrons. The minimum absolute atomic E-state index is 0. The molecule has 2 atom stereocenters. The fourth-order valence-corrected chi connectivity index (χ4v) is 5.34. The first-order chi connectivity index (χ1) is 9.88. The van der Waals surface area contributed by atoms with E-state index in [1.54, 1.807) is 17.4 Å². The highest BCUT2D eigenvalue weighted by Crippen LogP contribution is 2.32. The van der Waals surface area contributed by atoms with Gasteiger partial charge in [-0.3, -0.25) is 0 Å². The van der Waals surface area contributed by atoms with Crippen LogP contribution in [0.4, 0.5) is 0 Å². The van der Waals surface area contributed by atoms with E-state index in [-0.39, 0.29) is 18.4 Å². The van der Waals surface area contributed by atoms with E-state index in [1.807, 2.05) is 26.0 Å². The maximum atomic E-state index is 12.9. The Kier molecular flexibility index (Phi) is 5.22. The number of nitrogens with one attached hydrogen (secondary N) is 1. The first-order valence-electron chi connectivity index (χ1n) is 7.69. The fourth-order valence-electron chi connectivity index (χ4n) is 3.76. The van der Waals surface area contributed by atoms with Crippen LogP contribution in [0.1, 0.15) is 36.8 Å². The van der Waals surface area contributed by atoms with Gasteiger partial charge in [-0.15, -0.1) is 12.4 Å². The fraction of sp³-hybridized carbons (Fsp3) is 0.625. The number of hydrogen-bond donors (Lipinski definition) is 1. The summed E-state index contributed by atoms with van der Waals surface area (Å²) >= 11 is 0. The van der Waals surface area contributed by atoms with E-state index in [9.17, 15) is 8.42 Å². The average molecular weight is 345 g/mol. The van der Waals surface area contributed by atoms with E-state index < -0.39 is 10.0 Å². The molecule has 0 amide bonds. The van der Waals surface area contributed by atoms with Gasteiger partial charge in [-0.2, -0.15) is 4.31 Å². The average Bonchev–Trinajstić information content (AvgIpc) is 2.76. The smallest absolute Gasteiger partial charge is 0.243 e. The summed E-state index contributed by atoms with van der Waals surface area (Å²) < 4.78 is 27.4. The zero-order valence-corrected chi connectivity index (χ0v) is 15.0. The van der Waals surface area contributed by atoms with Crippen molar-refractivity contribution in [3.63, 3.8) is 0 Å². The van der Waals surface area contributed by atoms with Crippen LogP contribution in [0.15, 0.2) is 23.1 Å². The maximum Gasteiger partial charge on any atom is 0.243 e. The monoisotopic (exact) mass is 344 g/mol. The molecule has 2 fully saturated rings. The summed E-state index contributed by atoms with van der Waals surface area (Å²) in [7, 11) is -1.66. The highest BCUT2D eigenvalue weighted by molar-refractivity contribution is 7.89. The number of rotatable bonds is 3. The lowest BCUT2D eigenvalue weighted by atomic mass is 10.0. The number of halogens is 1. The summed E-state index contributed by atoms with van der Waals surface area (Å²) in [6.07, 6.45) is 4.21. The maximum absolute atomic E-state index is 12.9. The highest BCUT2D eigenvalue weighted by Gasteiger charge is 2.39. The second-order valence-corrected chi connectivity index (χ2v) is 8.52. The van der Waals surface area contributed by atoms with Gasteiger partial charge in [-0.25, -0.2) is 8.42 Å². The van der Waals surface area contributed by atoms with Crippen molar-refractivity contribution in [1.29, 1.82) is 0 Å². The molecule has 124 valence electrons. The third-order valence-corrected chi connectivity index (χ3v) is 7.02. The van der Waals surface area contributed by atoms with Crippen molar-refractivity contribution in [2.24, 2.45) is 0 Å². The predicted molar refractivity (Wildman–Crippen MR) is 91.1 cm³/mol. The summed E-state index contributed by atoms with van der Waals surface area (Å²) in [5, 5.41) is 3.56.